The van der Waals surface area contributed by atoms with Crippen LogP contribution in [0.4, 0.5) is 21.8 Å². The van der Waals surface area contributed by atoms with Gasteiger partial charge < -0.3 is 10.6 Å². The van der Waals surface area contributed by atoms with E-state index in [9.17, 15) is 4.39 Å². The summed E-state index contributed by atoms with van der Waals surface area (Å²) in [6.45, 7) is 0.516. The molecule has 2 aromatic carbocycles. The summed E-state index contributed by atoms with van der Waals surface area (Å²) >= 11 is 11.9. The van der Waals surface area contributed by atoms with Gasteiger partial charge in [0.15, 0.2) is 5.82 Å². The topological polar surface area (TPSA) is 62.7 Å². The molecule has 0 radical (unpaired) electrons. The van der Waals surface area contributed by atoms with Crippen molar-refractivity contribution < 1.29 is 4.39 Å². The van der Waals surface area contributed by atoms with Gasteiger partial charge in [-0.15, -0.1) is 5.10 Å². The second kappa shape index (κ2) is 8.09. The lowest BCUT2D eigenvalue weighted by molar-refractivity contribution is 0.610. The van der Waals surface area contributed by atoms with Crippen molar-refractivity contribution in [3.8, 4) is 0 Å². The summed E-state index contributed by atoms with van der Waals surface area (Å²) in [5.41, 5.74) is 1.30. The lowest BCUT2D eigenvalue weighted by atomic mass is 10.1. The van der Waals surface area contributed by atoms with E-state index < -0.39 is 0 Å². The van der Waals surface area contributed by atoms with Crippen molar-refractivity contribution in [2.45, 2.75) is 6.42 Å². The highest BCUT2D eigenvalue weighted by Crippen LogP contribution is 2.24. The minimum Gasteiger partial charge on any atom is -0.368 e. The largest absolute Gasteiger partial charge is 0.368 e. The first-order valence-corrected chi connectivity index (χ1v) is 8.26. The first kappa shape index (κ1) is 17.4. The number of benzene rings is 2. The Morgan fingerprint density at radius 1 is 1.04 bits per heavy atom. The molecule has 0 aliphatic heterocycles. The minimum atomic E-state index is -0.217. The Morgan fingerprint density at radius 3 is 2.56 bits per heavy atom. The van der Waals surface area contributed by atoms with Crippen LogP contribution in [0.25, 0.3) is 0 Å². The van der Waals surface area contributed by atoms with Crippen molar-refractivity contribution in [2.75, 3.05) is 17.2 Å². The van der Waals surface area contributed by atoms with E-state index in [1.165, 1.54) is 12.3 Å². The third-order valence-electron chi connectivity index (χ3n) is 3.34. The summed E-state index contributed by atoms with van der Waals surface area (Å²) in [5, 5.41) is 14.9. The summed E-state index contributed by atoms with van der Waals surface area (Å²) in [5.74, 6) is 0.612. The summed E-state index contributed by atoms with van der Waals surface area (Å²) < 4.78 is 13.6. The fourth-order valence-corrected chi connectivity index (χ4v) is 2.75. The van der Waals surface area contributed by atoms with Crippen LogP contribution < -0.4 is 10.6 Å². The molecule has 0 atom stereocenters. The number of anilines is 3. The number of hydrogen-bond donors (Lipinski definition) is 2. The predicted octanol–water partition coefficient (Wildman–Crippen LogP) is 4.72. The lowest BCUT2D eigenvalue weighted by Crippen LogP contribution is -2.09. The van der Waals surface area contributed by atoms with Crippen LogP contribution in [0.1, 0.15) is 5.56 Å². The lowest BCUT2D eigenvalue weighted by Gasteiger charge is -2.08. The van der Waals surface area contributed by atoms with Crippen LogP contribution in [0, 0.1) is 5.82 Å². The van der Waals surface area contributed by atoms with Gasteiger partial charge in [-0.25, -0.2) is 4.39 Å². The van der Waals surface area contributed by atoms with E-state index in [2.05, 4.69) is 25.8 Å². The average Bonchev–Trinajstić information content (AvgIpc) is 2.56. The van der Waals surface area contributed by atoms with E-state index >= 15 is 0 Å². The third kappa shape index (κ3) is 5.01. The van der Waals surface area contributed by atoms with E-state index in [1.54, 1.807) is 30.3 Å². The van der Waals surface area contributed by atoms with Crippen LogP contribution in [0.15, 0.2) is 48.7 Å². The molecule has 25 heavy (non-hydrogen) atoms. The molecule has 0 fully saturated rings. The van der Waals surface area contributed by atoms with E-state index in [0.717, 1.165) is 0 Å². The molecule has 3 aromatic rings. The van der Waals surface area contributed by atoms with Crippen LogP contribution in [0.3, 0.4) is 0 Å². The molecular weight excluding hydrogens is 364 g/mol. The van der Waals surface area contributed by atoms with Gasteiger partial charge in [-0.3, -0.25) is 0 Å². The maximum atomic E-state index is 13.6. The van der Waals surface area contributed by atoms with Crippen molar-refractivity contribution in [1.29, 1.82) is 0 Å². The number of nitrogens with zero attached hydrogens (tertiary/aromatic N) is 3. The van der Waals surface area contributed by atoms with Crippen molar-refractivity contribution in [3.63, 3.8) is 0 Å². The van der Waals surface area contributed by atoms with Gasteiger partial charge in [0.05, 0.1) is 6.20 Å². The molecule has 0 unspecified atom stereocenters. The van der Waals surface area contributed by atoms with Crippen molar-refractivity contribution in [1.82, 2.24) is 15.2 Å². The van der Waals surface area contributed by atoms with Gasteiger partial charge in [0.25, 0.3) is 0 Å². The summed E-state index contributed by atoms with van der Waals surface area (Å²) in [4.78, 5) is 4.31. The fraction of sp³-hybridized carbons (Fsp3) is 0.118. The molecule has 3 rings (SSSR count). The zero-order chi connectivity index (χ0) is 17.6. The Hall–Kier alpha value is -2.44. The molecule has 0 bridgehead atoms. The molecule has 8 heteroatoms. The highest BCUT2D eigenvalue weighted by molar-refractivity contribution is 6.35. The smallest absolute Gasteiger partial charge is 0.249 e. The predicted molar refractivity (Wildman–Crippen MR) is 98.2 cm³/mol. The molecule has 1 aromatic heterocycles. The second-order valence-electron chi connectivity index (χ2n) is 5.22. The zero-order valence-electron chi connectivity index (χ0n) is 13.0. The van der Waals surface area contributed by atoms with Gasteiger partial charge in [0.2, 0.25) is 5.95 Å². The normalized spacial score (nSPS) is 10.5. The Morgan fingerprint density at radius 2 is 1.80 bits per heavy atom. The van der Waals surface area contributed by atoms with E-state index in [4.69, 9.17) is 23.2 Å². The van der Waals surface area contributed by atoms with Gasteiger partial charge >= 0.3 is 0 Å². The number of aromatic nitrogens is 3. The number of rotatable bonds is 6. The number of halogens is 3. The van der Waals surface area contributed by atoms with E-state index in [1.807, 2.05) is 6.07 Å². The van der Waals surface area contributed by atoms with Gasteiger partial charge in [-0.05, 0) is 36.2 Å². The molecule has 0 aliphatic rings. The number of hydrogen-bond acceptors (Lipinski definition) is 5. The molecule has 0 spiro atoms. The van der Waals surface area contributed by atoms with Crippen molar-refractivity contribution in [3.05, 3.63) is 70.1 Å². The van der Waals surface area contributed by atoms with Crippen LogP contribution in [-0.4, -0.2) is 21.7 Å². The first-order valence-electron chi connectivity index (χ1n) is 7.50. The second-order valence-corrected chi connectivity index (χ2v) is 6.09. The van der Waals surface area contributed by atoms with Crippen LogP contribution in [-0.2, 0) is 6.42 Å². The van der Waals surface area contributed by atoms with E-state index in [0.29, 0.717) is 46.0 Å². The van der Waals surface area contributed by atoms with Gasteiger partial charge in [0.1, 0.15) is 5.82 Å². The molecule has 0 amide bonds. The minimum absolute atomic E-state index is 0.217. The summed E-state index contributed by atoms with van der Waals surface area (Å²) in [6, 6.07) is 11.7. The van der Waals surface area contributed by atoms with Gasteiger partial charge in [-0.2, -0.15) is 10.1 Å². The molecule has 5 nitrogen and oxygen atoms in total. The van der Waals surface area contributed by atoms with Gasteiger partial charge in [0, 0.05) is 22.3 Å². The standard InChI is InChI=1S/C17H14Cl2FN5/c18-12-7-13(19)9-14(8-12)23-17-24-16(10-22-25-17)21-6-5-11-3-1-2-4-15(11)20/h1-4,7-10H,5-6H2,(H2,21,23,24,25). The van der Waals surface area contributed by atoms with E-state index in [-0.39, 0.29) is 5.82 Å². The molecule has 0 aliphatic carbocycles. The monoisotopic (exact) mass is 377 g/mol. The molecule has 2 N–H and O–H groups in total. The van der Waals surface area contributed by atoms with Gasteiger partial charge in [-0.1, -0.05) is 41.4 Å². The number of nitrogens with one attached hydrogen (secondary N) is 2. The highest BCUT2D eigenvalue weighted by Gasteiger charge is 2.04. The SMILES string of the molecule is Fc1ccccc1CCNc1cnnc(Nc2cc(Cl)cc(Cl)c2)n1. The van der Waals surface area contributed by atoms with Crippen LogP contribution in [0.2, 0.25) is 10.0 Å². The Labute approximate surface area is 154 Å². The highest BCUT2D eigenvalue weighted by atomic mass is 35.5. The quantitative estimate of drug-likeness (QED) is 0.650. The zero-order valence-corrected chi connectivity index (χ0v) is 14.5. The maximum Gasteiger partial charge on any atom is 0.249 e. The first-order chi connectivity index (χ1) is 12.1. The summed E-state index contributed by atoms with van der Waals surface area (Å²) in [7, 11) is 0. The summed E-state index contributed by atoms with van der Waals surface area (Å²) in [6.07, 6.45) is 2.03. The molecule has 0 saturated heterocycles. The van der Waals surface area contributed by atoms with Crippen molar-refractivity contribution >= 4 is 40.7 Å². The molecule has 128 valence electrons. The molecule has 0 saturated carbocycles. The maximum absolute atomic E-state index is 13.6. The molecular formula is C17H14Cl2FN5. The van der Waals surface area contributed by atoms with Crippen molar-refractivity contribution in [2.24, 2.45) is 0 Å². The Balaban J connectivity index is 1.62. The average molecular weight is 378 g/mol. The van der Waals surface area contributed by atoms with Crippen LogP contribution >= 0.6 is 23.2 Å². The third-order valence-corrected chi connectivity index (χ3v) is 3.77. The Kier molecular flexibility index (Phi) is 5.63. The molecule has 1 heterocycles. The Bertz CT molecular complexity index is 855. The van der Waals surface area contributed by atoms with Crippen LogP contribution in [0.5, 0.6) is 0 Å². The fourth-order valence-electron chi connectivity index (χ4n) is 2.22.